The van der Waals surface area contributed by atoms with E-state index in [1.807, 2.05) is 4.90 Å². The fraction of sp³-hybridized carbons (Fsp3) is 0.450. The first-order chi connectivity index (χ1) is 13.1. The molecule has 2 aromatic rings. The van der Waals surface area contributed by atoms with Gasteiger partial charge in [0.2, 0.25) is 0 Å². The highest BCUT2D eigenvalue weighted by Gasteiger charge is 2.30. The molecular weight excluding hydrogens is 360 g/mol. The lowest BCUT2D eigenvalue weighted by Gasteiger charge is -2.30. The number of rotatable bonds is 3. The molecule has 6 nitrogen and oxygen atoms in total. The van der Waals surface area contributed by atoms with Crippen LogP contribution < -0.4 is 11.1 Å². The van der Waals surface area contributed by atoms with Gasteiger partial charge in [-0.05, 0) is 56.2 Å². The summed E-state index contributed by atoms with van der Waals surface area (Å²) in [6, 6.07) is 3.64. The maximum atomic E-state index is 13.3. The molecule has 1 aliphatic heterocycles. The van der Waals surface area contributed by atoms with E-state index in [0.717, 1.165) is 44.1 Å². The molecule has 27 heavy (non-hydrogen) atoms. The van der Waals surface area contributed by atoms with Crippen molar-refractivity contribution in [2.75, 3.05) is 18.4 Å². The minimum absolute atomic E-state index is 0.0304. The molecule has 4 rings (SSSR count). The first-order valence-corrected chi connectivity index (χ1v) is 10.4. The van der Waals surface area contributed by atoms with Gasteiger partial charge in [0.25, 0.3) is 11.8 Å². The summed E-state index contributed by atoms with van der Waals surface area (Å²) in [7, 11) is 0. The number of nitrogens with zero attached hydrogens (tertiary/aromatic N) is 2. The van der Waals surface area contributed by atoms with Gasteiger partial charge in [-0.1, -0.05) is 0 Å². The Morgan fingerprint density at radius 3 is 2.74 bits per heavy atom. The molecule has 0 aromatic carbocycles. The quantitative estimate of drug-likeness (QED) is 0.852. The number of fused-ring (bicyclic) bond motifs is 1. The fourth-order valence-corrected chi connectivity index (χ4v) is 5.09. The molecule has 0 bridgehead atoms. The Morgan fingerprint density at radius 2 is 2.00 bits per heavy atom. The Balaban J connectivity index is 1.64. The number of hydrogen-bond donors (Lipinski definition) is 2. The number of nitrogens with two attached hydrogens (primary N) is 1. The molecule has 0 atom stereocenters. The SMILES string of the molecule is NC1CCN(C(=O)c2c(NC(=O)c3cccnc3)sc3c2CCCC3)CC1. The molecule has 1 saturated heterocycles. The minimum Gasteiger partial charge on any atom is -0.338 e. The number of amides is 2. The van der Waals surface area contributed by atoms with Crippen LogP contribution in [0.15, 0.2) is 24.5 Å². The van der Waals surface area contributed by atoms with E-state index in [0.29, 0.717) is 29.2 Å². The molecule has 0 spiro atoms. The Kier molecular flexibility index (Phi) is 5.22. The predicted molar refractivity (Wildman–Crippen MR) is 106 cm³/mol. The van der Waals surface area contributed by atoms with Crippen molar-refractivity contribution >= 4 is 28.2 Å². The normalized spacial score (nSPS) is 17.4. The molecular formula is C20H24N4O2S. The smallest absolute Gasteiger partial charge is 0.257 e. The van der Waals surface area contributed by atoms with Crippen molar-refractivity contribution in [2.24, 2.45) is 5.73 Å². The molecule has 3 N–H and O–H groups in total. The number of aromatic nitrogens is 1. The average Bonchev–Trinajstić information content (AvgIpc) is 3.06. The molecule has 2 amide bonds. The van der Waals surface area contributed by atoms with Gasteiger partial charge >= 0.3 is 0 Å². The number of pyridine rings is 1. The fourth-order valence-electron chi connectivity index (χ4n) is 3.81. The summed E-state index contributed by atoms with van der Waals surface area (Å²) in [5.41, 5.74) is 8.31. The van der Waals surface area contributed by atoms with Gasteiger partial charge in [-0.25, -0.2) is 0 Å². The third kappa shape index (κ3) is 3.75. The molecule has 0 radical (unpaired) electrons. The molecule has 0 saturated carbocycles. The summed E-state index contributed by atoms with van der Waals surface area (Å²) >= 11 is 1.55. The van der Waals surface area contributed by atoms with Gasteiger partial charge in [0.15, 0.2) is 0 Å². The molecule has 3 heterocycles. The Hall–Kier alpha value is -2.25. The van der Waals surface area contributed by atoms with Crippen molar-refractivity contribution in [3.63, 3.8) is 0 Å². The van der Waals surface area contributed by atoms with Crippen molar-refractivity contribution in [1.82, 2.24) is 9.88 Å². The number of hydrogen-bond acceptors (Lipinski definition) is 5. The number of carbonyl (C=O) groups excluding carboxylic acids is 2. The lowest BCUT2D eigenvalue weighted by molar-refractivity contribution is 0.0715. The summed E-state index contributed by atoms with van der Waals surface area (Å²) in [6.45, 7) is 1.36. The molecule has 7 heteroatoms. The zero-order chi connectivity index (χ0) is 18.8. The van der Waals surface area contributed by atoms with E-state index in [4.69, 9.17) is 5.73 Å². The van der Waals surface area contributed by atoms with Crippen LogP contribution in [0.2, 0.25) is 0 Å². The zero-order valence-corrected chi connectivity index (χ0v) is 16.1. The van der Waals surface area contributed by atoms with Crippen molar-refractivity contribution in [2.45, 2.75) is 44.6 Å². The second kappa shape index (κ2) is 7.78. The van der Waals surface area contributed by atoms with Gasteiger partial charge in [0.05, 0.1) is 11.1 Å². The number of carbonyl (C=O) groups is 2. The second-order valence-corrected chi connectivity index (χ2v) is 8.35. The molecule has 0 unspecified atom stereocenters. The summed E-state index contributed by atoms with van der Waals surface area (Å²) in [5.74, 6) is -0.195. The van der Waals surface area contributed by atoms with Gasteiger partial charge in [0, 0.05) is 36.4 Å². The molecule has 2 aromatic heterocycles. The van der Waals surface area contributed by atoms with E-state index in [9.17, 15) is 9.59 Å². The van der Waals surface area contributed by atoms with E-state index >= 15 is 0 Å². The lowest BCUT2D eigenvalue weighted by Crippen LogP contribution is -2.43. The average molecular weight is 385 g/mol. The van der Waals surface area contributed by atoms with Crippen LogP contribution >= 0.6 is 11.3 Å². The van der Waals surface area contributed by atoms with Gasteiger partial charge in [0.1, 0.15) is 5.00 Å². The van der Waals surface area contributed by atoms with Crippen LogP contribution in [0, 0.1) is 0 Å². The monoisotopic (exact) mass is 384 g/mol. The van der Waals surface area contributed by atoms with E-state index < -0.39 is 0 Å². The number of aryl methyl sites for hydroxylation is 1. The highest BCUT2D eigenvalue weighted by atomic mass is 32.1. The molecule has 142 valence electrons. The third-order valence-corrected chi connectivity index (χ3v) is 6.57. The van der Waals surface area contributed by atoms with E-state index in [1.165, 1.54) is 11.1 Å². The Labute approximate surface area is 162 Å². The van der Waals surface area contributed by atoms with Gasteiger partial charge in [-0.15, -0.1) is 11.3 Å². The number of thiophene rings is 1. The summed E-state index contributed by atoms with van der Waals surface area (Å²) in [5, 5.41) is 3.66. The van der Waals surface area contributed by atoms with Crippen LogP contribution in [0.25, 0.3) is 0 Å². The summed E-state index contributed by atoms with van der Waals surface area (Å²) in [6.07, 6.45) is 8.94. The second-order valence-electron chi connectivity index (χ2n) is 7.24. The van der Waals surface area contributed by atoms with Crippen LogP contribution in [-0.2, 0) is 12.8 Å². The number of piperidine rings is 1. The van der Waals surface area contributed by atoms with Crippen LogP contribution in [0.3, 0.4) is 0 Å². The molecule has 2 aliphatic rings. The van der Waals surface area contributed by atoms with Gasteiger partial charge in [-0.3, -0.25) is 14.6 Å². The highest BCUT2D eigenvalue weighted by Crippen LogP contribution is 2.39. The topological polar surface area (TPSA) is 88.3 Å². The number of nitrogens with one attached hydrogen (secondary N) is 1. The standard InChI is InChI=1S/C20H24N4O2S/c21-14-7-10-24(11-8-14)20(26)17-15-5-1-2-6-16(15)27-19(17)23-18(25)13-4-3-9-22-12-13/h3-4,9,12,14H,1-2,5-8,10-11,21H2,(H,23,25). The Bertz CT molecular complexity index is 841. The van der Waals surface area contributed by atoms with Crippen LogP contribution in [-0.4, -0.2) is 40.8 Å². The van der Waals surface area contributed by atoms with Crippen LogP contribution in [0.5, 0.6) is 0 Å². The predicted octanol–water partition coefficient (Wildman–Crippen LogP) is 2.84. The minimum atomic E-state index is -0.226. The van der Waals surface area contributed by atoms with Crippen molar-refractivity contribution in [1.29, 1.82) is 0 Å². The number of likely N-dealkylation sites (tertiary alicyclic amines) is 1. The van der Waals surface area contributed by atoms with Crippen molar-refractivity contribution in [3.8, 4) is 0 Å². The maximum Gasteiger partial charge on any atom is 0.257 e. The van der Waals surface area contributed by atoms with Gasteiger partial charge in [-0.2, -0.15) is 0 Å². The maximum absolute atomic E-state index is 13.3. The van der Waals surface area contributed by atoms with Crippen LogP contribution in [0.1, 0.15) is 56.8 Å². The summed E-state index contributed by atoms with van der Waals surface area (Å²) in [4.78, 5) is 33.1. The lowest BCUT2D eigenvalue weighted by atomic mass is 9.94. The third-order valence-electron chi connectivity index (χ3n) is 5.36. The van der Waals surface area contributed by atoms with E-state index in [1.54, 1.807) is 29.7 Å². The van der Waals surface area contributed by atoms with Gasteiger partial charge < -0.3 is 16.0 Å². The van der Waals surface area contributed by atoms with E-state index in [2.05, 4.69) is 10.3 Å². The van der Waals surface area contributed by atoms with Crippen LogP contribution in [0.4, 0.5) is 5.00 Å². The first kappa shape index (κ1) is 18.1. The Morgan fingerprint density at radius 1 is 1.22 bits per heavy atom. The van der Waals surface area contributed by atoms with E-state index in [-0.39, 0.29) is 17.9 Å². The summed E-state index contributed by atoms with van der Waals surface area (Å²) < 4.78 is 0. The zero-order valence-electron chi connectivity index (χ0n) is 15.2. The number of anilines is 1. The van der Waals surface area contributed by atoms with Crippen molar-refractivity contribution in [3.05, 3.63) is 46.1 Å². The molecule has 1 aliphatic carbocycles. The first-order valence-electron chi connectivity index (χ1n) is 9.54. The highest BCUT2D eigenvalue weighted by molar-refractivity contribution is 7.17. The largest absolute Gasteiger partial charge is 0.338 e. The molecule has 1 fully saturated rings. The van der Waals surface area contributed by atoms with Crippen molar-refractivity contribution < 1.29 is 9.59 Å².